The molecule has 0 amide bonds. The molecule has 3 heterocycles. The van der Waals surface area contributed by atoms with E-state index in [0.717, 1.165) is 11.8 Å². The van der Waals surface area contributed by atoms with Crippen LogP contribution in [0.5, 0.6) is 5.88 Å². The number of aromatic nitrogens is 5. The van der Waals surface area contributed by atoms with Gasteiger partial charge in [-0.1, -0.05) is 36.7 Å². The lowest BCUT2D eigenvalue weighted by Crippen LogP contribution is -2.27. The molecule has 0 atom stereocenters. The highest BCUT2D eigenvalue weighted by Gasteiger charge is 2.26. The topological polar surface area (TPSA) is 168 Å². The smallest absolute Gasteiger partial charge is 0.274 e. The third kappa shape index (κ3) is 4.19. The van der Waals surface area contributed by atoms with Gasteiger partial charge in [-0.25, -0.2) is 0 Å². The molecule has 182 valence electrons. The average Bonchev–Trinajstić information content (AvgIpc) is 3.54. The van der Waals surface area contributed by atoms with Crippen LogP contribution < -0.4 is 5.56 Å². The van der Waals surface area contributed by atoms with Crippen LogP contribution in [0.2, 0.25) is 0 Å². The Morgan fingerprint density at radius 2 is 1.81 bits per heavy atom. The molecule has 0 bridgehead atoms. The molecule has 5 aromatic rings. The molecule has 0 fully saturated rings. The largest absolute Gasteiger partial charge is 0.493 e. The van der Waals surface area contributed by atoms with Crippen molar-refractivity contribution < 1.29 is 14.0 Å². The van der Waals surface area contributed by atoms with Crippen molar-refractivity contribution in [1.29, 1.82) is 10.5 Å². The number of para-hydroxylation sites is 2. The molecule has 3 aromatic heterocycles. The second-order valence-electron chi connectivity index (χ2n) is 8.20. The standard InChI is InChI=1S/C26H19N7O4/c1-2-3-11-20-29-24(34)22(26(35)33(20)23-15(13-27)7-6-8-16(23)14-28)25-31-30-21(36-25)12-18-17-9-4-5-10-19(17)37-32-18/h4-10,34H,2-3,11-12H2,1H3. The van der Waals surface area contributed by atoms with Crippen molar-refractivity contribution in [1.82, 2.24) is 24.9 Å². The van der Waals surface area contributed by atoms with Crippen LogP contribution in [0, 0.1) is 22.7 Å². The number of hydrogen-bond donors (Lipinski definition) is 1. The quantitative estimate of drug-likeness (QED) is 0.352. The van der Waals surface area contributed by atoms with Crippen molar-refractivity contribution >= 4 is 11.0 Å². The van der Waals surface area contributed by atoms with E-state index in [9.17, 15) is 20.4 Å². The van der Waals surface area contributed by atoms with E-state index in [1.807, 2.05) is 37.3 Å². The van der Waals surface area contributed by atoms with Crippen molar-refractivity contribution in [2.45, 2.75) is 32.6 Å². The van der Waals surface area contributed by atoms with E-state index < -0.39 is 11.4 Å². The van der Waals surface area contributed by atoms with E-state index in [4.69, 9.17) is 8.94 Å². The number of unbranched alkanes of at least 4 members (excludes halogenated alkanes) is 1. The van der Waals surface area contributed by atoms with Gasteiger partial charge in [0.25, 0.3) is 11.4 Å². The molecule has 11 heteroatoms. The Kier molecular flexibility index (Phi) is 6.18. The number of benzene rings is 2. The summed E-state index contributed by atoms with van der Waals surface area (Å²) in [5.41, 5.74) is 0.422. The Morgan fingerprint density at radius 1 is 1.05 bits per heavy atom. The van der Waals surface area contributed by atoms with Gasteiger partial charge >= 0.3 is 0 Å². The van der Waals surface area contributed by atoms with Crippen LogP contribution >= 0.6 is 0 Å². The molecule has 5 rings (SSSR count). The summed E-state index contributed by atoms with van der Waals surface area (Å²) in [6.07, 6.45) is 1.93. The summed E-state index contributed by atoms with van der Waals surface area (Å²) in [7, 11) is 0. The Balaban J connectivity index is 1.64. The lowest BCUT2D eigenvalue weighted by atomic mass is 10.1. The maximum absolute atomic E-state index is 13.8. The van der Waals surface area contributed by atoms with Crippen LogP contribution in [0.3, 0.4) is 0 Å². The highest BCUT2D eigenvalue weighted by molar-refractivity contribution is 5.79. The van der Waals surface area contributed by atoms with Crippen molar-refractivity contribution in [3.05, 3.63) is 81.4 Å². The van der Waals surface area contributed by atoms with Gasteiger partial charge in [0.05, 0.1) is 23.2 Å². The molecule has 0 aliphatic carbocycles. The Hall–Kier alpha value is -5.29. The third-order valence-electron chi connectivity index (χ3n) is 5.84. The number of nitriles is 2. The SMILES string of the molecule is CCCCc1nc(O)c(-c2nnc(Cc3noc4ccccc34)o2)c(=O)n1-c1c(C#N)cccc1C#N. The molecular formula is C26H19N7O4. The number of nitrogens with zero attached hydrogens (tertiary/aromatic N) is 7. The van der Waals surface area contributed by atoms with Crippen molar-refractivity contribution in [2.24, 2.45) is 0 Å². The van der Waals surface area contributed by atoms with Gasteiger partial charge in [0.2, 0.25) is 11.8 Å². The number of hydrogen-bond acceptors (Lipinski definition) is 10. The summed E-state index contributed by atoms with van der Waals surface area (Å²) < 4.78 is 12.2. The zero-order chi connectivity index (χ0) is 25.9. The van der Waals surface area contributed by atoms with Crippen LogP contribution in [0.1, 0.15) is 48.3 Å². The summed E-state index contributed by atoms with van der Waals surface area (Å²) in [6.45, 7) is 1.97. The minimum absolute atomic E-state index is 0.0890. The summed E-state index contributed by atoms with van der Waals surface area (Å²) in [6, 6.07) is 15.9. The van der Waals surface area contributed by atoms with Gasteiger partial charge in [-0.05, 0) is 30.7 Å². The van der Waals surface area contributed by atoms with Crippen molar-refractivity contribution in [3.63, 3.8) is 0 Å². The van der Waals surface area contributed by atoms with E-state index in [-0.39, 0.29) is 46.4 Å². The first kappa shape index (κ1) is 23.5. The minimum Gasteiger partial charge on any atom is -0.493 e. The van der Waals surface area contributed by atoms with Crippen LogP contribution in [0.25, 0.3) is 28.1 Å². The van der Waals surface area contributed by atoms with E-state index in [1.54, 1.807) is 12.1 Å². The molecule has 0 saturated heterocycles. The van der Waals surface area contributed by atoms with Crippen LogP contribution in [-0.4, -0.2) is 30.0 Å². The van der Waals surface area contributed by atoms with Crippen LogP contribution in [-0.2, 0) is 12.8 Å². The maximum atomic E-state index is 13.8. The Morgan fingerprint density at radius 3 is 2.54 bits per heavy atom. The fourth-order valence-electron chi connectivity index (χ4n) is 4.07. The number of rotatable bonds is 7. The van der Waals surface area contributed by atoms with Crippen molar-refractivity contribution in [3.8, 4) is 35.2 Å². The van der Waals surface area contributed by atoms with Gasteiger partial charge in [-0.3, -0.25) is 9.36 Å². The molecule has 0 spiro atoms. The lowest BCUT2D eigenvalue weighted by Gasteiger charge is -2.16. The van der Waals surface area contributed by atoms with E-state index >= 15 is 0 Å². The van der Waals surface area contributed by atoms with Crippen LogP contribution in [0.4, 0.5) is 0 Å². The monoisotopic (exact) mass is 493 g/mol. The predicted molar refractivity (Wildman–Crippen MR) is 130 cm³/mol. The molecule has 2 aromatic carbocycles. The summed E-state index contributed by atoms with van der Waals surface area (Å²) in [5, 5.41) is 43.0. The predicted octanol–water partition coefficient (Wildman–Crippen LogP) is 3.81. The van der Waals surface area contributed by atoms with E-state index in [1.165, 1.54) is 16.7 Å². The maximum Gasteiger partial charge on any atom is 0.274 e. The van der Waals surface area contributed by atoms with E-state index in [2.05, 4.69) is 20.3 Å². The highest BCUT2D eigenvalue weighted by atomic mass is 16.5. The first-order chi connectivity index (χ1) is 18.0. The fraction of sp³-hybridized carbons (Fsp3) is 0.192. The summed E-state index contributed by atoms with van der Waals surface area (Å²) in [5.74, 6) is -0.477. The molecule has 0 unspecified atom stereocenters. The lowest BCUT2D eigenvalue weighted by molar-refractivity contribution is 0.435. The third-order valence-corrected chi connectivity index (χ3v) is 5.84. The molecule has 0 aliphatic rings. The number of fused-ring (bicyclic) bond motifs is 1. The molecule has 37 heavy (non-hydrogen) atoms. The second-order valence-corrected chi connectivity index (χ2v) is 8.20. The molecule has 0 radical (unpaired) electrons. The Labute approximate surface area is 209 Å². The first-order valence-electron chi connectivity index (χ1n) is 11.5. The molecule has 11 nitrogen and oxygen atoms in total. The number of aryl methyl sites for hydroxylation is 1. The summed E-state index contributed by atoms with van der Waals surface area (Å²) >= 11 is 0. The van der Waals surface area contributed by atoms with Gasteiger partial charge in [0.15, 0.2) is 11.1 Å². The summed E-state index contributed by atoms with van der Waals surface area (Å²) in [4.78, 5) is 18.0. The highest BCUT2D eigenvalue weighted by Crippen LogP contribution is 2.28. The molecular weight excluding hydrogens is 474 g/mol. The normalized spacial score (nSPS) is 10.9. The molecule has 0 saturated carbocycles. The first-order valence-corrected chi connectivity index (χ1v) is 11.5. The fourth-order valence-corrected chi connectivity index (χ4v) is 4.07. The average molecular weight is 493 g/mol. The molecule has 0 aliphatic heterocycles. The Bertz CT molecular complexity index is 1740. The van der Waals surface area contributed by atoms with Crippen molar-refractivity contribution in [2.75, 3.05) is 0 Å². The van der Waals surface area contributed by atoms with Gasteiger partial charge in [0, 0.05) is 11.8 Å². The zero-order valence-electron chi connectivity index (χ0n) is 19.7. The minimum atomic E-state index is -0.736. The van der Waals surface area contributed by atoms with Gasteiger partial charge in [0.1, 0.15) is 23.7 Å². The second kappa shape index (κ2) is 9.76. The van der Waals surface area contributed by atoms with Gasteiger partial charge in [-0.15, -0.1) is 10.2 Å². The van der Waals surface area contributed by atoms with Gasteiger partial charge in [-0.2, -0.15) is 15.5 Å². The number of aromatic hydroxyl groups is 1. The van der Waals surface area contributed by atoms with E-state index in [0.29, 0.717) is 24.1 Å². The van der Waals surface area contributed by atoms with Gasteiger partial charge < -0.3 is 14.0 Å². The van der Waals surface area contributed by atoms with Crippen LogP contribution in [0.15, 0.2) is 56.2 Å². The zero-order valence-corrected chi connectivity index (χ0v) is 19.7. The molecule has 1 N–H and O–H groups in total.